The van der Waals surface area contributed by atoms with E-state index >= 15 is 0 Å². The van der Waals surface area contributed by atoms with Gasteiger partial charge in [0.2, 0.25) is 0 Å². The van der Waals surface area contributed by atoms with Crippen LogP contribution in [0.15, 0.2) is 48.6 Å². The van der Waals surface area contributed by atoms with Crippen LogP contribution in [-0.4, -0.2) is 11.5 Å². The van der Waals surface area contributed by atoms with Crippen molar-refractivity contribution in [3.8, 4) is 0 Å². The molecular weight excluding hydrogens is 145 g/mol. The molecule has 0 aliphatic rings. The van der Waals surface area contributed by atoms with E-state index in [0.717, 1.165) is 6.54 Å². The Balaban J connectivity index is 2.15. The minimum atomic E-state index is 0.966. The van der Waals surface area contributed by atoms with Gasteiger partial charge in [0, 0.05) is 0 Å². The normalized spacial score (nSPS) is 9.67. The van der Waals surface area contributed by atoms with Crippen LogP contribution in [0.1, 0.15) is 5.56 Å². The van der Waals surface area contributed by atoms with Crippen LogP contribution in [0.2, 0.25) is 0 Å². The molecule has 58 valence electrons. The number of nitrogens with zero attached hydrogens (tertiary/aromatic N) is 1. The van der Waals surface area contributed by atoms with Gasteiger partial charge in [-0.1, -0.05) is 0 Å². The van der Waals surface area contributed by atoms with Crippen LogP contribution >= 0.6 is 0 Å². The third-order valence-electron chi connectivity index (χ3n) is 1.87. The molecule has 2 rings (SSSR count). The van der Waals surface area contributed by atoms with Gasteiger partial charge in [0.25, 0.3) is 0 Å². The predicted octanol–water partition coefficient (Wildman–Crippen LogP) is 1.87. The van der Waals surface area contributed by atoms with Crippen molar-refractivity contribution in [3.63, 3.8) is 0 Å². The standard InChI is InChI=1S/C10H10BN/c1-2-5-10(6-3-1)9-12-8-4-7-11-12/h1-8H,9H2. The quantitative estimate of drug-likeness (QED) is 0.623. The van der Waals surface area contributed by atoms with Crippen molar-refractivity contribution in [1.29, 1.82) is 0 Å². The van der Waals surface area contributed by atoms with E-state index < -0.39 is 0 Å². The average molecular weight is 155 g/mol. The first-order valence-corrected chi connectivity index (χ1v) is 4.10. The first-order valence-electron chi connectivity index (χ1n) is 4.10. The molecule has 0 radical (unpaired) electrons. The molecule has 0 saturated carbocycles. The van der Waals surface area contributed by atoms with Gasteiger partial charge < -0.3 is 0 Å². The SMILES string of the molecule is b1cccn1Cc1ccccc1. The van der Waals surface area contributed by atoms with Crippen LogP contribution in [0.25, 0.3) is 0 Å². The Bertz CT molecular complexity index is 326. The summed E-state index contributed by atoms with van der Waals surface area (Å²) in [6, 6.07) is 12.5. The van der Waals surface area contributed by atoms with Crippen LogP contribution in [0.5, 0.6) is 0 Å². The van der Waals surface area contributed by atoms with Crippen LogP contribution in [0, 0.1) is 0 Å². The van der Waals surface area contributed by atoms with E-state index in [1.54, 1.807) is 0 Å². The fourth-order valence-electron chi connectivity index (χ4n) is 1.27. The Morgan fingerprint density at radius 1 is 1.08 bits per heavy atom. The molecule has 1 aromatic heterocycles. The van der Waals surface area contributed by atoms with Gasteiger partial charge in [-0.3, -0.25) is 0 Å². The summed E-state index contributed by atoms with van der Waals surface area (Å²) < 4.78 is 2.16. The molecule has 2 aromatic rings. The summed E-state index contributed by atoms with van der Waals surface area (Å²) in [5, 5.41) is 0. The van der Waals surface area contributed by atoms with E-state index in [4.69, 9.17) is 0 Å². The zero-order valence-corrected chi connectivity index (χ0v) is 6.85. The number of hydrogen-bond acceptors (Lipinski definition) is 0. The zero-order chi connectivity index (χ0) is 8.23. The van der Waals surface area contributed by atoms with Crippen molar-refractivity contribution in [2.75, 3.05) is 0 Å². The second kappa shape index (κ2) is 3.39. The van der Waals surface area contributed by atoms with E-state index in [0.29, 0.717) is 0 Å². The predicted molar refractivity (Wildman–Crippen MR) is 51.3 cm³/mol. The van der Waals surface area contributed by atoms with Crippen LogP contribution in [-0.2, 0) is 6.54 Å². The molecule has 1 aromatic carbocycles. The Kier molecular flexibility index (Phi) is 2.08. The van der Waals surface area contributed by atoms with E-state index in [9.17, 15) is 0 Å². The van der Waals surface area contributed by atoms with Gasteiger partial charge >= 0.3 is 72.2 Å². The van der Waals surface area contributed by atoms with Crippen molar-refractivity contribution < 1.29 is 0 Å². The summed E-state index contributed by atoms with van der Waals surface area (Å²) in [6.45, 7) is 0.966. The van der Waals surface area contributed by atoms with Crippen LogP contribution in [0.4, 0.5) is 0 Å². The number of aromatic nitrogens is 1. The molecular formula is C10H10BN. The Hall–Kier alpha value is -1.31. The molecule has 0 aliphatic heterocycles. The summed E-state index contributed by atoms with van der Waals surface area (Å²) in [4.78, 5) is 0. The Morgan fingerprint density at radius 2 is 1.92 bits per heavy atom. The second-order valence-corrected chi connectivity index (χ2v) is 2.84. The molecule has 12 heavy (non-hydrogen) atoms. The molecule has 0 aliphatic carbocycles. The summed E-state index contributed by atoms with van der Waals surface area (Å²) in [7, 11) is 2.08. The van der Waals surface area contributed by atoms with Crippen LogP contribution < -0.4 is 0 Å². The van der Waals surface area contributed by atoms with Crippen molar-refractivity contribution in [1.82, 2.24) is 4.47 Å². The molecule has 0 bridgehead atoms. The summed E-state index contributed by atoms with van der Waals surface area (Å²) in [5.74, 6) is 2.04. The fourth-order valence-corrected chi connectivity index (χ4v) is 1.27. The summed E-state index contributed by atoms with van der Waals surface area (Å²) >= 11 is 0. The van der Waals surface area contributed by atoms with Crippen molar-refractivity contribution in [2.45, 2.75) is 6.54 Å². The Morgan fingerprint density at radius 3 is 2.58 bits per heavy atom. The zero-order valence-electron chi connectivity index (χ0n) is 6.85. The second-order valence-electron chi connectivity index (χ2n) is 2.84. The van der Waals surface area contributed by atoms with E-state index in [1.165, 1.54) is 5.56 Å². The van der Waals surface area contributed by atoms with Gasteiger partial charge in [0.05, 0.1) is 0 Å². The number of benzene rings is 1. The molecule has 1 nitrogen and oxygen atoms in total. The molecule has 0 amide bonds. The van der Waals surface area contributed by atoms with Gasteiger partial charge in [-0.05, 0) is 0 Å². The summed E-state index contributed by atoms with van der Waals surface area (Å²) in [6.07, 6.45) is 2.08. The first kappa shape index (κ1) is 7.35. The van der Waals surface area contributed by atoms with E-state index in [2.05, 4.69) is 42.0 Å². The molecule has 0 spiro atoms. The third kappa shape index (κ3) is 1.64. The third-order valence-corrected chi connectivity index (χ3v) is 1.87. The van der Waals surface area contributed by atoms with E-state index in [-0.39, 0.29) is 0 Å². The van der Waals surface area contributed by atoms with Crippen molar-refractivity contribution in [3.05, 3.63) is 54.1 Å². The van der Waals surface area contributed by atoms with Gasteiger partial charge in [-0.25, -0.2) is 0 Å². The Labute approximate surface area is 72.9 Å². The van der Waals surface area contributed by atoms with Gasteiger partial charge in [-0.2, -0.15) is 0 Å². The average Bonchev–Trinajstić information content (AvgIpc) is 2.59. The van der Waals surface area contributed by atoms with Crippen LogP contribution in [0.3, 0.4) is 0 Å². The van der Waals surface area contributed by atoms with E-state index in [1.807, 2.05) is 18.1 Å². The van der Waals surface area contributed by atoms with Gasteiger partial charge in [0.1, 0.15) is 0 Å². The maximum atomic E-state index is 2.16. The molecule has 0 N–H and O–H groups in total. The van der Waals surface area contributed by atoms with Gasteiger partial charge in [0.15, 0.2) is 0 Å². The molecule has 0 saturated heterocycles. The first-order chi connectivity index (χ1) is 5.95. The number of rotatable bonds is 2. The van der Waals surface area contributed by atoms with Gasteiger partial charge in [-0.15, -0.1) is 0 Å². The molecule has 0 atom stereocenters. The molecule has 1 heterocycles. The minimum absolute atomic E-state index is 0.966. The monoisotopic (exact) mass is 155 g/mol. The van der Waals surface area contributed by atoms with Crippen molar-refractivity contribution >= 4 is 7.05 Å². The number of hydrogen-bond donors (Lipinski definition) is 0. The molecule has 2 heteroatoms. The maximum absolute atomic E-state index is 2.16. The van der Waals surface area contributed by atoms with Crippen molar-refractivity contribution in [2.24, 2.45) is 0 Å². The topological polar surface area (TPSA) is 4.93 Å². The fraction of sp³-hybridized carbons (Fsp3) is 0.100. The molecule has 0 unspecified atom stereocenters. The summed E-state index contributed by atoms with van der Waals surface area (Å²) in [5.41, 5.74) is 1.34. The molecule has 0 fully saturated rings.